The van der Waals surface area contributed by atoms with Crippen molar-refractivity contribution in [1.82, 2.24) is 4.90 Å². The summed E-state index contributed by atoms with van der Waals surface area (Å²) in [6.07, 6.45) is 3.07. The van der Waals surface area contributed by atoms with E-state index < -0.39 is 0 Å². The molecule has 3 nitrogen and oxygen atoms in total. The van der Waals surface area contributed by atoms with E-state index in [1.807, 2.05) is 19.1 Å². The van der Waals surface area contributed by atoms with Gasteiger partial charge in [-0.1, -0.05) is 0 Å². The molecule has 2 heterocycles. The van der Waals surface area contributed by atoms with Gasteiger partial charge in [-0.05, 0) is 45.0 Å². The number of carbonyl (C=O) groups is 1. The van der Waals surface area contributed by atoms with Crippen LogP contribution < -0.4 is 0 Å². The Balaban J connectivity index is 1.84. The van der Waals surface area contributed by atoms with Gasteiger partial charge in [0.25, 0.3) is 0 Å². The van der Waals surface area contributed by atoms with E-state index in [1.165, 1.54) is 0 Å². The number of hydrogen-bond acceptors (Lipinski definition) is 3. The molecule has 0 radical (unpaired) electrons. The molecule has 1 aliphatic rings. The molecule has 0 spiro atoms. The standard InChI is InChI=1S/C12H17NO2/c1-10-2-3-12(15-10)8-13-6-4-11(9-14)5-7-13/h2-3,9,11H,4-8H2,1H3. The monoisotopic (exact) mass is 207 g/mol. The van der Waals surface area contributed by atoms with E-state index in [2.05, 4.69) is 4.90 Å². The highest BCUT2D eigenvalue weighted by Crippen LogP contribution is 2.18. The lowest BCUT2D eigenvalue weighted by atomic mass is 9.99. The van der Waals surface area contributed by atoms with E-state index in [4.69, 9.17) is 4.42 Å². The third-order valence-electron chi connectivity index (χ3n) is 3.00. The molecule has 0 atom stereocenters. The Hall–Kier alpha value is -1.09. The Morgan fingerprint density at radius 2 is 2.20 bits per heavy atom. The Morgan fingerprint density at radius 1 is 1.47 bits per heavy atom. The first-order chi connectivity index (χ1) is 7.28. The highest BCUT2D eigenvalue weighted by atomic mass is 16.3. The van der Waals surface area contributed by atoms with Gasteiger partial charge in [-0.25, -0.2) is 0 Å². The summed E-state index contributed by atoms with van der Waals surface area (Å²) in [6.45, 7) is 4.84. The van der Waals surface area contributed by atoms with E-state index in [-0.39, 0.29) is 5.92 Å². The molecule has 0 bridgehead atoms. The maximum Gasteiger partial charge on any atom is 0.123 e. The minimum Gasteiger partial charge on any atom is -0.465 e. The second kappa shape index (κ2) is 4.62. The van der Waals surface area contributed by atoms with Crippen molar-refractivity contribution in [3.05, 3.63) is 23.7 Å². The van der Waals surface area contributed by atoms with Gasteiger partial charge in [-0.15, -0.1) is 0 Å². The van der Waals surface area contributed by atoms with Crippen LogP contribution in [-0.2, 0) is 11.3 Å². The summed E-state index contributed by atoms with van der Waals surface area (Å²) >= 11 is 0. The zero-order valence-electron chi connectivity index (χ0n) is 9.11. The van der Waals surface area contributed by atoms with Crippen LogP contribution in [0.25, 0.3) is 0 Å². The van der Waals surface area contributed by atoms with Crippen LogP contribution in [0.15, 0.2) is 16.5 Å². The van der Waals surface area contributed by atoms with Crippen LogP contribution >= 0.6 is 0 Å². The molecule has 0 aliphatic carbocycles. The van der Waals surface area contributed by atoms with Crippen LogP contribution in [0.3, 0.4) is 0 Å². The Morgan fingerprint density at radius 3 is 2.73 bits per heavy atom. The molecule has 1 saturated heterocycles. The van der Waals surface area contributed by atoms with Crippen molar-refractivity contribution in [3.63, 3.8) is 0 Å². The smallest absolute Gasteiger partial charge is 0.123 e. The average Bonchev–Trinajstić information content (AvgIpc) is 2.65. The van der Waals surface area contributed by atoms with Crippen molar-refractivity contribution in [3.8, 4) is 0 Å². The van der Waals surface area contributed by atoms with Crippen molar-refractivity contribution in [2.75, 3.05) is 13.1 Å². The lowest BCUT2D eigenvalue weighted by Gasteiger charge is -2.28. The highest BCUT2D eigenvalue weighted by molar-refractivity contribution is 5.53. The SMILES string of the molecule is Cc1ccc(CN2CCC(C=O)CC2)o1. The van der Waals surface area contributed by atoms with Crippen molar-refractivity contribution in [2.24, 2.45) is 5.92 Å². The topological polar surface area (TPSA) is 33.5 Å². The summed E-state index contributed by atoms with van der Waals surface area (Å²) in [5.74, 6) is 2.27. The molecule has 1 aromatic rings. The summed E-state index contributed by atoms with van der Waals surface area (Å²) in [4.78, 5) is 12.9. The number of likely N-dealkylation sites (tertiary alicyclic amines) is 1. The molecular formula is C12H17NO2. The van der Waals surface area contributed by atoms with Gasteiger partial charge >= 0.3 is 0 Å². The number of aryl methyl sites for hydroxylation is 1. The molecule has 15 heavy (non-hydrogen) atoms. The zero-order valence-corrected chi connectivity index (χ0v) is 9.11. The fourth-order valence-corrected chi connectivity index (χ4v) is 2.04. The number of furan rings is 1. The van der Waals surface area contributed by atoms with Crippen LogP contribution in [0.1, 0.15) is 24.4 Å². The lowest BCUT2D eigenvalue weighted by molar-refractivity contribution is -0.112. The molecule has 3 heteroatoms. The third kappa shape index (κ3) is 2.69. The van der Waals surface area contributed by atoms with Gasteiger partial charge in [0.2, 0.25) is 0 Å². The normalized spacial score (nSPS) is 19.3. The van der Waals surface area contributed by atoms with Crippen LogP contribution in [0.5, 0.6) is 0 Å². The van der Waals surface area contributed by atoms with Gasteiger partial charge in [0.05, 0.1) is 6.54 Å². The first-order valence-electron chi connectivity index (χ1n) is 5.51. The second-order valence-corrected chi connectivity index (χ2v) is 4.26. The quantitative estimate of drug-likeness (QED) is 0.711. The average molecular weight is 207 g/mol. The number of aldehydes is 1. The number of hydrogen-bond donors (Lipinski definition) is 0. The largest absolute Gasteiger partial charge is 0.465 e. The predicted octanol–water partition coefficient (Wildman–Crippen LogP) is 2.00. The molecule has 82 valence electrons. The Labute approximate surface area is 90.1 Å². The molecule has 1 aliphatic heterocycles. The van der Waals surface area contributed by atoms with Crippen LogP contribution in [-0.4, -0.2) is 24.3 Å². The van der Waals surface area contributed by atoms with Crippen LogP contribution in [0.2, 0.25) is 0 Å². The highest BCUT2D eigenvalue weighted by Gasteiger charge is 2.19. The minimum absolute atomic E-state index is 0.277. The maximum absolute atomic E-state index is 10.6. The summed E-state index contributed by atoms with van der Waals surface area (Å²) in [5.41, 5.74) is 0. The van der Waals surface area contributed by atoms with Crippen molar-refractivity contribution < 1.29 is 9.21 Å². The van der Waals surface area contributed by atoms with Gasteiger partial charge in [0, 0.05) is 5.92 Å². The number of nitrogens with zero attached hydrogens (tertiary/aromatic N) is 1. The van der Waals surface area contributed by atoms with Gasteiger partial charge in [-0.3, -0.25) is 4.90 Å². The van der Waals surface area contributed by atoms with E-state index in [0.29, 0.717) is 0 Å². The first-order valence-corrected chi connectivity index (χ1v) is 5.51. The third-order valence-corrected chi connectivity index (χ3v) is 3.00. The summed E-state index contributed by atoms with van der Waals surface area (Å²) in [7, 11) is 0. The van der Waals surface area contributed by atoms with Gasteiger partial charge in [0.15, 0.2) is 0 Å². The molecule has 0 amide bonds. The predicted molar refractivity (Wildman–Crippen MR) is 57.5 cm³/mol. The first kappa shape index (κ1) is 10.4. The van der Waals surface area contributed by atoms with Gasteiger partial charge in [0.1, 0.15) is 17.8 Å². The van der Waals surface area contributed by atoms with E-state index >= 15 is 0 Å². The van der Waals surface area contributed by atoms with E-state index in [1.54, 1.807) is 0 Å². The molecule has 0 aromatic carbocycles. The minimum atomic E-state index is 0.277. The maximum atomic E-state index is 10.6. The van der Waals surface area contributed by atoms with Gasteiger partial charge < -0.3 is 9.21 Å². The summed E-state index contributed by atoms with van der Waals surface area (Å²) in [6, 6.07) is 4.02. The Kier molecular flexibility index (Phi) is 3.21. The van der Waals surface area contributed by atoms with Crippen molar-refractivity contribution in [2.45, 2.75) is 26.3 Å². The van der Waals surface area contributed by atoms with Crippen molar-refractivity contribution in [1.29, 1.82) is 0 Å². The zero-order chi connectivity index (χ0) is 10.7. The molecule has 2 rings (SSSR count). The van der Waals surface area contributed by atoms with E-state index in [0.717, 1.165) is 50.3 Å². The molecular weight excluding hydrogens is 190 g/mol. The number of carbonyl (C=O) groups excluding carboxylic acids is 1. The molecule has 0 saturated carbocycles. The second-order valence-electron chi connectivity index (χ2n) is 4.26. The van der Waals surface area contributed by atoms with Gasteiger partial charge in [-0.2, -0.15) is 0 Å². The fraction of sp³-hybridized carbons (Fsp3) is 0.583. The molecule has 0 unspecified atom stereocenters. The molecule has 1 fully saturated rings. The number of piperidine rings is 1. The Bertz CT molecular complexity index is 324. The van der Waals surface area contributed by atoms with Crippen LogP contribution in [0.4, 0.5) is 0 Å². The van der Waals surface area contributed by atoms with E-state index in [9.17, 15) is 4.79 Å². The molecule has 0 N–H and O–H groups in total. The lowest BCUT2D eigenvalue weighted by Crippen LogP contribution is -2.33. The number of rotatable bonds is 3. The van der Waals surface area contributed by atoms with Crippen molar-refractivity contribution >= 4 is 6.29 Å². The summed E-state index contributed by atoms with van der Waals surface area (Å²) < 4.78 is 5.53. The fourth-order valence-electron chi connectivity index (χ4n) is 2.04. The molecule has 1 aromatic heterocycles. The summed E-state index contributed by atoms with van der Waals surface area (Å²) in [5, 5.41) is 0. The van der Waals surface area contributed by atoms with Crippen LogP contribution in [0, 0.1) is 12.8 Å².